The van der Waals surface area contributed by atoms with E-state index < -0.39 is 23.6 Å². The van der Waals surface area contributed by atoms with Crippen LogP contribution in [0.25, 0.3) is 0 Å². The number of nitrogens with one attached hydrogen (secondary N) is 2. The van der Waals surface area contributed by atoms with Gasteiger partial charge < -0.3 is 10.4 Å². The molecule has 1 atom stereocenters. The van der Waals surface area contributed by atoms with Crippen molar-refractivity contribution in [3.8, 4) is 0 Å². The van der Waals surface area contributed by atoms with E-state index in [0.717, 1.165) is 9.13 Å². The van der Waals surface area contributed by atoms with Gasteiger partial charge in [0.2, 0.25) is 0 Å². The number of halogens is 4. The molecule has 2 rings (SSSR count). The van der Waals surface area contributed by atoms with Crippen LogP contribution in [0.4, 0.5) is 20.2 Å². The van der Waals surface area contributed by atoms with Gasteiger partial charge in [0.15, 0.2) is 11.6 Å². The van der Waals surface area contributed by atoms with Gasteiger partial charge in [-0.05, 0) is 88.6 Å². The van der Waals surface area contributed by atoms with E-state index in [9.17, 15) is 18.7 Å². The number of rotatable bonds is 7. The molecule has 0 aromatic heterocycles. The minimum absolute atomic E-state index is 0.0766. The second kappa shape index (κ2) is 9.76. The summed E-state index contributed by atoms with van der Waals surface area (Å²) in [5, 5.41) is 12.0. The number of aliphatic hydroxyl groups excluding tert-OH is 1. The monoisotopic (exact) mass is 554 g/mol. The first-order valence-electron chi connectivity index (χ1n) is 8.01. The lowest BCUT2D eigenvalue weighted by Gasteiger charge is -2.16. The molecule has 0 aliphatic carbocycles. The molecular weight excluding hydrogens is 537 g/mol. The number of amides is 1. The summed E-state index contributed by atoms with van der Waals surface area (Å²) in [6.07, 6.45) is -0.269. The third-order valence-electron chi connectivity index (χ3n) is 3.66. The van der Waals surface area contributed by atoms with Crippen molar-refractivity contribution in [2.45, 2.75) is 26.4 Å². The van der Waals surface area contributed by atoms with Crippen LogP contribution < -0.4 is 10.8 Å². The number of hydrogen-bond acceptors (Lipinski definition) is 4. The van der Waals surface area contributed by atoms with Crippen LogP contribution in [-0.2, 0) is 4.84 Å². The van der Waals surface area contributed by atoms with E-state index in [1.54, 1.807) is 13.0 Å². The number of hydrogen-bond donors (Lipinski definition) is 3. The highest BCUT2D eigenvalue weighted by molar-refractivity contribution is 14.1. The Morgan fingerprint density at radius 3 is 2.67 bits per heavy atom. The van der Waals surface area contributed by atoms with E-state index >= 15 is 0 Å². The zero-order chi connectivity index (χ0) is 20.1. The van der Waals surface area contributed by atoms with Crippen LogP contribution in [0.15, 0.2) is 28.7 Å². The Hall–Kier alpha value is -1.30. The van der Waals surface area contributed by atoms with Crippen molar-refractivity contribution in [3.63, 3.8) is 0 Å². The molecule has 0 bridgehead atoms. The van der Waals surface area contributed by atoms with Gasteiger partial charge in [0.1, 0.15) is 0 Å². The molecule has 0 aliphatic rings. The molecule has 0 fully saturated rings. The molecule has 5 nitrogen and oxygen atoms in total. The summed E-state index contributed by atoms with van der Waals surface area (Å²) < 4.78 is 29.4. The summed E-state index contributed by atoms with van der Waals surface area (Å²) >= 11 is 5.06. The molecule has 0 saturated carbocycles. The van der Waals surface area contributed by atoms with Crippen molar-refractivity contribution in [3.05, 3.63) is 55.1 Å². The van der Waals surface area contributed by atoms with Gasteiger partial charge in [0.25, 0.3) is 5.91 Å². The number of benzene rings is 2. The maximum absolute atomic E-state index is 14.6. The highest BCUT2D eigenvalue weighted by atomic mass is 127. The topological polar surface area (TPSA) is 70.6 Å². The Labute approximate surface area is 177 Å². The molecule has 27 heavy (non-hydrogen) atoms. The first-order chi connectivity index (χ1) is 12.7. The van der Waals surface area contributed by atoms with E-state index in [4.69, 9.17) is 4.84 Å². The standard InChI is InChI=1S/C18H18BrF2IN2O3/c1-9-7-11(22)3-4-14(9)23-17-12(8-13(19)15(20)16(17)21)18(26)24-27-6-5-10(2)25/h3-4,7-8,10,23,25H,5-6H2,1-2H3,(H,24,26). The molecule has 0 saturated heterocycles. The first kappa shape index (κ1) is 22.0. The predicted molar refractivity (Wildman–Crippen MR) is 111 cm³/mol. The SMILES string of the molecule is Cc1cc(I)ccc1Nc1c(C(=O)NOCCC(C)O)cc(Br)c(F)c1F. The minimum Gasteiger partial charge on any atom is -0.393 e. The minimum atomic E-state index is -1.18. The van der Waals surface area contributed by atoms with Crippen molar-refractivity contribution < 1.29 is 23.5 Å². The normalized spacial score (nSPS) is 12.0. The lowest BCUT2D eigenvalue weighted by molar-refractivity contribution is 0.0187. The number of anilines is 2. The Bertz CT molecular complexity index is 850. The van der Waals surface area contributed by atoms with Crippen LogP contribution in [0.1, 0.15) is 29.3 Å². The van der Waals surface area contributed by atoms with E-state index in [-0.39, 0.29) is 22.3 Å². The predicted octanol–water partition coefficient (Wildman–Crippen LogP) is 4.82. The van der Waals surface area contributed by atoms with Gasteiger partial charge in [0, 0.05) is 9.26 Å². The van der Waals surface area contributed by atoms with Crippen LogP contribution >= 0.6 is 38.5 Å². The quantitative estimate of drug-likeness (QED) is 0.199. The van der Waals surface area contributed by atoms with Crippen LogP contribution in [0.2, 0.25) is 0 Å². The highest BCUT2D eigenvalue weighted by Crippen LogP contribution is 2.32. The van der Waals surface area contributed by atoms with Crippen LogP contribution in [0, 0.1) is 22.1 Å². The molecule has 1 amide bonds. The van der Waals surface area contributed by atoms with Crippen LogP contribution in [-0.4, -0.2) is 23.7 Å². The second-order valence-corrected chi connectivity index (χ2v) is 8.01. The van der Waals surface area contributed by atoms with E-state index in [0.29, 0.717) is 12.1 Å². The van der Waals surface area contributed by atoms with Crippen LogP contribution in [0.3, 0.4) is 0 Å². The smallest absolute Gasteiger partial charge is 0.277 e. The molecule has 9 heteroatoms. The molecule has 2 aromatic rings. The fraction of sp³-hybridized carbons (Fsp3) is 0.278. The van der Waals surface area contributed by atoms with Crippen LogP contribution in [0.5, 0.6) is 0 Å². The Morgan fingerprint density at radius 1 is 1.33 bits per heavy atom. The third-order valence-corrected chi connectivity index (χ3v) is 4.91. The zero-order valence-electron chi connectivity index (χ0n) is 14.6. The average molecular weight is 555 g/mol. The van der Waals surface area contributed by atoms with Gasteiger partial charge in [-0.3, -0.25) is 9.63 Å². The second-order valence-electron chi connectivity index (χ2n) is 5.91. The maximum Gasteiger partial charge on any atom is 0.277 e. The van der Waals surface area contributed by atoms with Gasteiger partial charge in [0.05, 0.1) is 28.4 Å². The Kier molecular flexibility index (Phi) is 7.95. The summed E-state index contributed by atoms with van der Waals surface area (Å²) in [5.74, 6) is -3.03. The summed E-state index contributed by atoms with van der Waals surface area (Å²) in [7, 11) is 0. The van der Waals surface area contributed by atoms with Crippen molar-refractivity contribution in [2.75, 3.05) is 11.9 Å². The van der Waals surface area contributed by atoms with Crippen molar-refractivity contribution in [1.29, 1.82) is 0 Å². The number of aryl methyl sites for hydroxylation is 1. The lowest BCUT2D eigenvalue weighted by Crippen LogP contribution is -2.26. The largest absolute Gasteiger partial charge is 0.393 e. The van der Waals surface area contributed by atoms with Gasteiger partial charge >= 0.3 is 0 Å². The summed E-state index contributed by atoms with van der Waals surface area (Å²) in [6.45, 7) is 3.48. The fourth-order valence-electron chi connectivity index (χ4n) is 2.20. The number of aliphatic hydroxyl groups is 1. The molecule has 1 unspecified atom stereocenters. The molecule has 0 heterocycles. The molecule has 0 spiro atoms. The van der Waals surface area contributed by atoms with Gasteiger partial charge in [-0.15, -0.1) is 0 Å². The highest BCUT2D eigenvalue weighted by Gasteiger charge is 2.22. The van der Waals surface area contributed by atoms with E-state index in [2.05, 4.69) is 49.3 Å². The molecule has 3 N–H and O–H groups in total. The lowest BCUT2D eigenvalue weighted by atomic mass is 10.1. The first-order valence-corrected chi connectivity index (χ1v) is 9.88. The van der Waals surface area contributed by atoms with Gasteiger partial charge in [-0.25, -0.2) is 14.3 Å². The summed E-state index contributed by atoms with van der Waals surface area (Å²) in [5.41, 5.74) is 3.10. The molecule has 0 radical (unpaired) electrons. The van der Waals surface area contributed by atoms with E-state index in [1.807, 2.05) is 19.1 Å². The summed E-state index contributed by atoms with van der Waals surface area (Å²) in [4.78, 5) is 17.4. The van der Waals surface area contributed by atoms with Gasteiger partial charge in [-0.2, -0.15) is 0 Å². The van der Waals surface area contributed by atoms with Crippen molar-refractivity contribution >= 4 is 55.8 Å². The fourth-order valence-corrected chi connectivity index (χ4v) is 3.25. The van der Waals surface area contributed by atoms with Gasteiger partial charge in [-0.1, -0.05) is 0 Å². The number of hydroxylamine groups is 1. The van der Waals surface area contributed by atoms with Crippen molar-refractivity contribution in [1.82, 2.24) is 5.48 Å². The molecular formula is C18H18BrF2IN2O3. The molecule has 146 valence electrons. The average Bonchev–Trinajstić information content (AvgIpc) is 2.60. The molecule has 2 aromatic carbocycles. The van der Waals surface area contributed by atoms with E-state index in [1.165, 1.54) is 6.07 Å². The Balaban J connectivity index is 2.32. The zero-order valence-corrected chi connectivity index (χ0v) is 18.3. The maximum atomic E-state index is 14.6. The third kappa shape index (κ3) is 5.84. The molecule has 0 aliphatic heterocycles. The summed E-state index contributed by atoms with van der Waals surface area (Å²) in [6, 6.07) is 6.57. The number of carbonyl (C=O) groups excluding carboxylic acids is 1. The Morgan fingerprint density at radius 2 is 2.04 bits per heavy atom. The van der Waals surface area contributed by atoms with Crippen molar-refractivity contribution in [2.24, 2.45) is 0 Å². The number of carbonyl (C=O) groups is 1.